The van der Waals surface area contributed by atoms with E-state index in [0.29, 0.717) is 12.1 Å². The van der Waals surface area contributed by atoms with Gasteiger partial charge in [0.25, 0.3) is 5.91 Å². The van der Waals surface area contributed by atoms with Gasteiger partial charge in [-0.25, -0.2) is 8.42 Å². The van der Waals surface area contributed by atoms with E-state index in [0.717, 1.165) is 12.0 Å². The van der Waals surface area contributed by atoms with E-state index in [1.807, 2.05) is 37.3 Å². The second-order valence-electron chi connectivity index (χ2n) is 7.05. The summed E-state index contributed by atoms with van der Waals surface area (Å²) in [5.41, 5.74) is 1.42. The molecule has 0 unspecified atom stereocenters. The van der Waals surface area contributed by atoms with Crippen LogP contribution in [0, 0.1) is 0 Å². The fourth-order valence-electron chi connectivity index (χ4n) is 3.15. The third kappa shape index (κ3) is 5.52. The van der Waals surface area contributed by atoms with Crippen molar-refractivity contribution in [2.75, 3.05) is 17.7 Å². The van der Waals surface area contributed by atoms with Crippen molar-refractivity contribution < 1.29 is 22.7 Å². The van der Waals surface area contributed by atoms with E-state index >= 15 is 0 Å². The first-order valence-electron chi connectivity index (χ1n) is 9.60. The van der Waals surface area contributed by atoms with Crippen LogP contribution >= 0.6 is 11.6 Å². The number of ether oxygens (including phenoxy) is 1. The summed E-state index contributed by atoms with van der Waals surface area (Å²) in [6.07, 6.45) is 1.22. The molecule has 160 valence electrons. The molecule has 2 aromatic rings. The number of carbonyl (C=O) groups excluding carboxylic acids is 2. The van der Waals surface area contributed by atoms with Gasteiger partial charge in [0, 0.05) is 18.5 Å². The lowest BCUT2D eigenvalue weighted by molar-refractivity contribution is -0.121. The lowest BCUT2D eigenvalue weighted by Crippen LogP contribution is -2.36. The number of hydrogen-bond acceptors (Lipinski definition) is 5. The smallest absolute Gasteiger partial charge is 0.262 e. The summed E-state index contributed by atoms with van der Waals surface area (Å²) < 4.78 is 30.8. The Morgan fingerprint density at radius 1 is 1.27 bits per heavy atom. The first-order valence-corrected chi connectivity index (χ1v) is 11.6. The molecule has 0 saturated carbocycles. The molecule has 0 radical (unpaired) electrons. The summed E-state index contributed by atoms with van der Waals surface area (Å²) in [6.45, 7) is 1.77. The van der Waals surface area contributed by atoms with Crippen LogP contribution in [0.4, 0.5) is 5.69 Å². The third-order valence-electron chi connectivity index (χ3n) is 4.78. The van der Waals surface area contributed by atoms with Gasteiger partial charge in [-0.05, 0) is 24.5 Å². The van der Waals surface area contributed by atoms with Crippen LogP contribution in [0.2, 0.25) is 5.02 Å². The maximum absolute atomic E-state index is 12.7. The van der Waals surface area contributed by atoms with Crippen molar-refractivity contribution >= 4 is 38.9 Å². The molecule has 7 nitrogen and oxygen atoms in total. The summed E-state index contributed by atoms with van der Waals surface area (Å²) >= 11 is 6.12. The standard InChI is InChI=1S/C21H23ClN2O5S/c1-2-15(10-14-6-4-3-5-7-14)23-20(25)8-9-30(27,28)19-12-18-17(11-16(19)22)24-21(26)13-29-18/h3-7,11-12,15H,2,8-10,13H2,1H3,(H,23,25)(H,24,26)/t15-/m0/s1. The molecule has 1 aliphatic heterocycles. The van der Waals surface area contributed by atoms with Gasteiger partial charge in [-0.2, -0.15) is 0 Å². The van der Waals surface area contributed by atoms with Crippen LogP contribution in [0.5, 0.6) is 5.75 Å². The fourth-order valence-corrected chi connectivity index (χ4v) is 4.99. The molecule has 30 heavy (non-hydrogen) atoms. The van der Waals surface area contributed by atoms with Crippen molar-refractivity contribution in [3.05, 3.63) is 53.1 Å². The molecule has 0 fully saturated rings. The molecule has 3 rings (SSSR count). The zero-order chi connectivity index (χ0) is 21.7. The Morgan fingerprint density at radius 3 is 2.70 bits per heavy atom. The number of anilines is 1. The maximum atomic E-state index is 12.7. The Morgan fingerprint density at radius 2 is 2.00 bits per heavy atom. The van der Waals surface area contributed by atoms with Gasteiger partial charge in [0.1, 0.15) is 5.75 Å². The summed E-state index contributed by atoms with van der Waals surface area (Å²) in [6, 6.07) is 12.3. The number of benzene rings is 2. The Labute approximate surface area is 180 Å². The van der Waals surface area contributed by atoms with Crippen molar-refractivity contribution in [1.29, 1.82) is 0 Å². The zero-order valence-corrected chi connectivity index (χ0v) is 18.1. The first-order chi connectivity index (χ1) is 14.3. The molecule has 2 amide bonds. The lowest BCUT2D eigenvalue weighted by atomic mass is 10.0. The average molecular weight is 451 g/mol. The molecule has 0 bridgehead atoms. The molecule has 0 aliphatic carbocycles. The summed E-state index contributed by atoms with van der Waals surface area (Å²) in [7, 11) is -3.82. The Hall–Kier alpha value is -2.58. The highest BCUT2D eigenvalue weighted by atomic mass is 35.5. The average Bonchev–Trinajstić information content (AvgIpc) is 2.72. The van der Waals surface area contributed by atoms with E-state index in [4.69, 9.17) is 16.3 Å². The number of sulfone groups is 1. The SMILES string of the molecule is CC[C@@H](Cc1ccccc1)NC(=O)CCS(=O)(=O)c1cc2c(cc1Cl)NC(=O)CO2. The highest BCUT2D eigenvalue weighted by Gasteiger charge is 2.25. The van der Waals surface area contributed by atoms with Gasteiger partial charge < -0.3 is 15.4 Å². The second kappa shape index (κ2) is 9.49. The summed E-state index contributed by atoms with van der Waals surface area (Å²) in [5.74, 6) is -0.826. The predicted octanol–water partition coefficient (Wildman–Crippen LogP) is 2.97. The van der Waals surface area contributed by atoms with Crippen LogP contribution in [-0.4, -0.2) is 38.6 Å². The largest absolute Gasteiger partial charge is 0.482 e. The number of hydrogen-bond donors (Lipinski definition) is 2. The highest BCUT2D eigenvalue weighted by molar-refractivity contribution is 7.91. The van der Waals surface area contributed by atoms with Crippen molar-refractivity contribution in [3.63, 3.8) is 0 Å². The van der Waals surface area contributed by atoms with Crippen molar-refractivity contribution in [3.8, 4) is 5.75 Å². The van der Waals surface area contributed by atoms with Crippen molar-refractivity contribution in [1.82, 2.24) is 5.32 Å². The van der Waals surface area contributed by atoms with Gasteiger partial charge >= 0.3 is 0 Å². The predicted molar refractivity (Wildman–Crippen MR) is 115 cm³/mol. The molecular formula is C21H23ClN2O5S. The fraction of sp³-hybridized carbons (Fsp3) is 0.333. The number of nitrogens with one attached hydrogen (secondary N) is 2. The van der Waals surface area contributed by atoms with Gasteiger partial charge in [0.2, 0.25) is 5.91 Å². The Kier molecular flexibility index (Phi) is 6.99. The molecule has 2 N–H and O–H groups in total. The van der Waals surface area contributed by atoms with E-state index in [9.17, 15) is 18.0 Å². The molecule has 1 heterocycles. The number of fused-ring (bicyclic) bond motifs is 1. The van der Waals surface area contributed by atoms with Crippen LogP contribution in [-0.2, 0) is 25.8 Å². The number of halogens is 1. The van der Waals surface area contributed by atoms with Crippen LogP contribution in [0.25, 0.3) is 0 Å². The lowest BCUT2D eigenvalue weighted by Gasteiger charge is -2.20. The molecule has 0 aromatic heterocycles. The zero-order valence-electron chi connectivity index (χ0n) is 16.5. The second-order valence-corrected chi connectivity index (χ2v) is 9.53. The molecule has 1 atom stereocenters. The van der Waals surface area contributed by atoms with Gasteiger partial charge in [0.05, 0.1) is 21.4 Å². The van der Waals surface area contributed by atoms with Crippen molar-refractivity contribution in [2.45, 2.75) is 37.1 Å². The van der Waals surface area contributed by atoms with Crippen LogP contribution < -0.4 is 15.4 Å². The molecule has 2 aromatic carbocycles. The van der Waals surface area contributed by atoms with E-state index in [1.165, 1.54) is 12.1 Å². The Balaban J connectivity index is 1.63. The first kappa shape index (κ1) is 22.1. The number of rotatable bonds is 8. The molecule has 9 heteroatoms. The van der Waals surface area contributed by atoms with Gasteiger partial charge in [-0.1, -0.05) is 48.9 Å². The molecular weight excluding hydrogens is 428 g/mol. The molecule has 0 saturated heterocycles. The minimum absolute atomic E-state index is 0.0320. The Bertz CT molecular complexity index is 1040. The number of amides is 2. The normalized spacial score (nSPS) is 14.3. The maximum Gasteiger partial charge on any atom is 0.262 e. The van der Waals surface area contributed by atoms with Crippen LogP contribution in [0.3, 0.4) is 0 Å². The summed E-state index contributed by atoms with van der Waals surface area (Å²) in [4.78, 5) is 23.6. The molecule has 0 spiro atoms. The highest BCUT2D eigenvalue weighted by Crippen LogP contribution is 2.36. The van der Waals surface area contributed by atoms with Crippen molar-refractivity contribution in [2.24, 2.45) is 0 Å². The van der Waals surface area contributed by atoms with E-state index in [-0.39, 0.29) is 52.3 Å². The van der Waals surface area contributed by atoms with E-state index < -0.39 is 9.84 Å². The minimum Gasteiger partial charge on any atom is -0.482 e. The molecule has 1 aliphatic rings. The topological polar surface area (TPSA) is 102 Å². The summed E-state index contributed by atoms with van der Waals surface area (Å²) in [5, 5.41) is 5.44. The van der Waals surface area contributed by atoms with Gasteiger partial charge in [-0.3, -0.25) is 9.59 Å². The van der Waals surface area contributed by atoms with Gasteiger partial charge in [0.15, 0.2) is 16.4 Å². The number of carbonyl (C=O) groups is 2. The van der Waals surface area contributed by atoms with Gasteiger partial charge in [-0.15, -0.1) is 0 Å². The van der Waals surface area contributed by atoms with E-state index in [2.05, 4.69) is 10.6 Å². The van der Waals surface area contributed by atoms with E-state index in [1.54, 1.807) is 0 Å². The third-order valence-corrected chi connectivity index (χ3v) is 6.96. The minimum atomic E-state index is -3.82. The van der Waals surface area contributed by atoms with Crippen LogP contribution in [0.15, 0.2) is 47.4 Å². The monoisotopic (exact) mass is 450 g/mol. The van der Waals surface area contributed by atoms with Crippen LogP contribution in [0.1, 0.15) is 25.3 Å². The quantitative estimate of drug-likeness (QED) is 0.643.